The highest BCUT2D eigenvalue weighted by Crippen LogP contribution is 2.21. The second kappa shape index (κ2) is 11.0. The van der Waals surface area contributed by atoms with Gasteiger partial charge < -0.3 is 25.4 Å². The number of carbonyl (C=O) groups is 4. The Kier molecular flexibility index (Phi) is 8.63. The molecule has 1 fully saturated rings. The first-order valence-corrected chi connectivity index (χ1v) is 10.8. The van der Waals surface area contributed by atoms with E-state index < -0.39 is 41.6 Å². The minimum Gasteiger partial charge on any atom is -0.446 e. The molecule has 9 nitrogen and oxygen atoms in total. The lowest BCUT2D eigenvalue weighted by Crippen LogP contribution is -2.55. The predicted molar refractivity (Wildman–Crippen MR) is 118 cm³/mol. The first-order chi connectivity index (χ1) is 15.0. The molecule has 3 atom stereocenters. The molecule has 1 aromatic rings. The van der Waals surface area contributed by atoms with Gasteiger partial charge in [-0.3, -0.25) is 9.59 Å². The van der Waals surface area contributed by atoms with E-state index in [1.165, 1.54) is 0 Å². The monoisotopic (exact) mass is 447 g/mol. The van der Waals surface area contributed by atoms with Gasteiger partial charge in [0.15, 0.2) is 0 Å². The fourth-order valence-electron chi connectivity index (χ4n) is 3.34. The van der Waals surface area contributed by atoms with Crippen LogP contribution in [0.15, 0.2) is 30.3 Å². The Balaban J connectivity index is 2.31. The molecule has 0 aromatic heterocycles. The molecule has 176 valence electrons. The van der Waals surface area contributed by atoms with E-state index in [1.807, 2.05) is 0 Å². The van der Waals surface area contributed by atoms with E-state index in [4.69, 9.17) is 9.47 Å². The Morgan fingerprint density at radius 2 is 1.78 bits per heavy atom. The number of ether oxygens (including phenoxy) is 2. The minimum atomic E-state index is -1.36. The molecule has 3 amide bonds. The van der Waals surface area contributed by atoms with Gasteiger partial charge in [0, 0.05) is 18.5 Å². The van der Waals surface area contributed by atoms with Crippen molar-refractivity contribution in [2.45, 2.75) is 71.2 Å². The zero-order valence-electron chi connectivity index (χ0n) is 19.3. The highest BCUT2D eigenvalue weighted by atomic mass is 16.6. The molecule has 1 aliphatic heterocycles. The molecule has 2 rings (SSSR count). The van der Waals surface area contributed by atoms with Gasteiger partial charge in [0.25, 0.3) is 5.91 Å². The molecule has 0 radical (unpaired) electrons. The van der Waals surface area contributed by atoms with E-state index in [1.54, 1.807) is 65.0 Å². The van der Waals surface area contributed by atoms with Crippen LogP contribution in [0.25, 0.3) is 0 Å². The maximum atomic E-state index is 13.0. The molecule has 1 saturated heterocycles. The fourth-order valence-corrected chi connectivity index (χ4v) is 3.34. The van der Waals surface area contributed by atoms with Gasteiger partial charge in [-0.1, -0.05) is 18.2 Å². The average Bonchev–Trinajstić information content (AvgIpc) is 3.08. The van der Waals surface area contributed by atoms with Crippen LogP contribution in [0.4, 0.5) is 4.79 Å². The van der Waals surface area contributed by atoms with Crippen molar-refractivity contribution in [3.05, 3.63) is 35.9 Å². The Hall–Kier alpha value is -3.10. The lowest BCUT2D eigenvalue weighted by Gasteiger charge is -2.30. The summed E-state index contributed by atoms with van der Waals surface area (Å²) in [6, 6.07) is 7.06. The fraction of sp³-hybridized carbons (Fsp3) is 0.565. The minimum absolute atomic E-state index is 0.114. The predicted octanol–water partition coefficient (Wildman–Crippen LogP) is 2.16. The number of carbonyl (C=O) groups excluding carboxylic acids is 4. The molecule has 0 bridgehead atoms. The van der Waals surface area contributed by atoms with Crippen LogP contribution in [0.1, 0.15) is 57.8 Å². The topological polar surface area (TPSA) is 123 Å². The quantitative estimate of drug-likeness (QED) is 0.525. The average molecular weight is 448 g/mol. The SMILES string of the molecule is CC(C)NC(=O)C(OC(=O)c1ccccc1)C(C[C@@H]1CCNC1=O)NC(=O)OC(C)(C)C. The number of nitrogens with one attached hydrogen (secondary N) is 3. The van der Waals surface area contributed by atoms with Crippen LogP contribution in [0.2, 0.25) is 0 Å². The number of hydrogen-bond acceptors (Lipinski definition) is 6. The summed E-state index contributed by atoms with van der Waals surface area (Å²) in [5.41, 5.74) is -0.500. The van der Waals surface area contributed by atoms with Gasteiger partial charge in [0.2, 0.25) is 12.0 Å². The van der Waals surface area contributed by atoms with E-state index in [2.05, 4.69) is 16.0 Å². The Morgan fingerprint density at radius 3 is 2.31 bits per heavy atom. The molecule has 0 spiro atoms. The number of hydrogen-bond donors (Lipinski definition) is 3. The van der Waals surface area contributed by atoms with Gasteiger partial charge in [-0.25, -0.2) is 9.59 Å². The van der Waals surface area contributed by atoms with Crippen molar-refractivity contribution < 1.29 is 28.7 Å². The van der Waals surface area contributed by atoms with Gasteiger partial charge in [-0.15, -0.1) is 0 Å². The Morgan fingerprint density at radius 1 is 1.12 bits per heavy atom. The van der Waals surface area contributed by atoms with Gasteiger partial charge in [0.1, 0.15) is 5.60 Å². The van der Waals surface area contributed by atoms with Gasteiger partial charge in [-0.05, 0) is 59.6 Å². The van der Waals surface area contributed by atoms with Crippen LogP contribution in [-0.2, 0) is 19.1 Å². The molecule has 1 aliphatic rings. The molecule has 1 heterocycles. The highest BCUT2D eigenvalue weighted by molar-refractivity contribution is 5.93. The standard InChI is InChI=1S/C23H33N3O6/c1-14(2)25-20(28)18(31-21(29)15-9-7-6-8-10-15)17(13-16-11-12-24-19(16)27)26-22(30)32-23(3,4)5/h6-10,14,16-18H,11-13H2,1-5H3,(H,24,27)(H,25,28)(H,26,30)/t16-,17?,18?/m0/s1. The van der Waals surface area contributed by atoms with Crippen molar-refractivity contribution in [3.8, 4) is 0 Å². The zero-order chi connectivity index (χ0) is 23.9. The van der Waals surface area contributed by atoms with Crippen LogP contribution in [-0.4, -0.2) is 54.2 Å². The van der Waals surface area contributed by atoms with Crippen molar-refractivity contribution in [1.82, 2.24) is 16.0 Å². The van der Waals surface area contributed by atoms with Crippen molar-refractivity contribution in [3.63, 3.8) is 0 Å². The summed E-state index contributed by atoms with van der Waals surface area (Å²) in [6.07, 6.45) is -1.45. The second-order valence-corrected chi connectivity index (χ2v) is 9.12. The maximum absolute atomic E-state index is 13.0. The van der Waals surface area contributed by atoms with Crippen LogP contribution in [0.3, 0.4) is 0 Å². The van der Waals surface area contributed by atoms with E-state index in [0.29, 0.717) is 13.0 Å². The van der Waals surface area contributed by atoms with E-state index >= 15 is 0 Å². The number of esters is 1. The molecule has 0 aliphatic carbocycles. The maximum Gasteiger partial charge on any atom is 0.408 e. The molecule has 2 unspecified atom stereocenters. The molecule has 32 heavy (non-hydrogen) atoms. The van der Waals surface area contributed by atoms with Crippen molar-refractivity contribution in [2.24, 2.45) is 5.92 Å². The normalized spacial score (nSPS) is 17.8. The largest absolute Gasteiger partial charge is 0.446 e. The first-order valence-electron chi connectivity index (χ1n) is 10.8. The Labute approximate surface area is 188 Å². The number of benzene rings is 1. The zero-order valence-corrected chi connectivity index (χ0v) is 19.3. The van der Waals surface area contributed by atoms with Gasteiger partial charge in [-0.2, -0.15) is 0 Å². The summed E-state index contributed by atoms with van der Waals surface area (Å²) in [5, 5.41) is 8.12. The van der Waals surface area contributed by atoms with E-state index in [-0.39, 0.29) is 23.9 Å². The summed E-state index contributed by atoms with van der Waals surface area (Å²) in [4.78, 5) is 50.4. The smallest absolute Gasteiger partial charge is 0.408 e. The van der Waals surface area contributed by atoms with Crippen molar-refractivity contribution >= 4 is 23.9 Å². The van der Waals surface area contributed by atoms with Gasteiger partial charge >= 0.3 is 12.1 Å². The lowest BCUT2D eigenvalue weighted by molar-refractivity contribution is -0.133. The van der Waals surface area contributed by atoms with Crippen LogP contribution >= 0.6 is 0 Å². The third-order valence-electron chi connectivity index (χ3n) is 4.70. The number of amides is 3. The van der Waals surface area contributed by atoms with Crippen molar-refractivity contribution in [2.75, 3.05) is 6.54 Å². The molecule has 0 saturated carbocycles. The Bertz CT molecular complexity index is 819. The van der Waals surface area contributed by atoms with Crippen LogP contribution in [0, 0.1) is 5.92 Å². The third kappa shape index (κ3) is 7.86. The van der Waals surface area contributed by atoms with Crippen molar-refractivity contribution in [1.29, 1.82) is 0 Å². The first kappa shape index (κ1) is 25.2. The number of alkyl carbamates (subject to hydrolysis) is 1. The van der Waals surface area contributed by atoms with Gasteiger partial charge in [0.05, 0.1) is 11.6 Å². The molecule has 1 aromatic carbocycles. The molecule has 9 heteroatoms. The summed E-state index contributed by atoms with van der Waals surface area (Å²) < 4.78 is 10.9. The lowest BCUT2D eigenvalue weighted by atomic mass is 9.94. The molecule has 3 N–H and O–H groups in total. The van der Waals surface area contributed by atoms with E-state index in [0.717, 1.165) is 0 Å². The summed E-state index contributed by atoms with van der Waals surface area (Å²) >= 11 is 0. The van der Waals surface area contributed by atoms with E-state index in [9.17, 15) is 19.2 Å². The highest BCUT2D eigenvalue weighted by Gasteiger charge is 2.38. The molecular weight excluding hydrogens is 414 g/mol. The number of rotatable bonds is 8. The third-order valence-corrected chi connectivity index (χ3v) is 4.70. The summed E-state index contributed by atoms with van der Waals surface area (Å²) in [7, 11) is 0. The molecular formula is C23H33N3O6. The summed E-state index contributed by atoms with van der Waals surface area (Å²) in [5.74, 6) is -1.87. The second-order valence-electron chi connectivity index (χ2n) is 9.12. The van der Waals surface area contributed by atoms with Crippen LogP contribution in [0.5, 0.6) is 0 Å². The van der Waals surface area contributed by atoms with Crippen LogP contribution < -0.4 is 16.0 Å². The summed E-state index contributed by atoms with van der Waals surface area (Å²) in [6.45, 7) is 9.19.